The third-order valence-corrected chi connectivity index (χ3v) is 4.56. The van der Waals surface area contributed by atoms with Gasteiger partial charge in [-0.25, -0.2) is 0 Å². The van der Waals surface area contributed by atoms with Crippen molar-refractivity contribution >= 4 is 22.2 Å². The van der Waals surface area contributed by atoms with Crippen LogP contribution in [0.1, 0.15) is 43.0 Å². The van der Waals surface area contributed by atoms with E-state index >= 15 is 0 Å². The van der Waals surface area contributed by atoms with Crippen molar-refractivity contribution in [2.45, 2.75) is 40.0 Å². The van der Waals surface area contributed by atoms with Gasteiger partial charge in [0.15, 0.2) is 6.61 Å². The van der Waals surface area contributed by atoms with Crippen molar-refractivity contribution in [3.8, 4) is 11.8 Å². The standard InChI is InChI=1S/C19H22N2O2S/c1-12-6-7-13(2)16(8-12)23-10-17(22)21-18-14(9-20)15(11-24-18)19(3,4)5/h6-8,11H,10H2,1-5H3,(H,21,22). The van der Waals surface area contributed by atoms with Crippen molar-refractivity contribution in [2.24, 2.45) is 0 Å². The fraction of sp³-hybridized carbons (Fsp3) is 0.368. The summed E-state index contributed by atoms with van der Waals surface area (Å²) in [4.78, 5) is 12.2. The van der Waals surface area contributed by atoms with Gasteiger partial charge in [-0.1, -0.05) is 32.9 Å². The first kappa shape index (κ1) is 18.0. The fourth-order valence-electron chi connectivity index (χ4n) is 2.28. The Bertz CT molecular complexity index is 795. The van der Waals surface area contributed by atoms with E-state index in [1.54, 1.807) is 0 Å². The van der Waals surface area contributed by atoms with Gasteiger partial charge in [-0.05, 0) is 47.4 Å². The third kappa shape index (κ3) is 4.15. The van der Waals surface area contributed by atoms with Gasteiger partial charge < -0.3 is 10.1 Å². The van der Waals surface area contributed by atoms with Gasteiger partial charge in [-0.2, -0.15) is 5.26 Å². The number of nitrogens with one attached hydrogen (secondary N) is 1. The van der Waals surface area contributed by atoms with Crippen LogP contribution in [-0.2, 0) is 10.2 Å². The SMILES string of the molecule is Cc1ccc(C)c(OCC(=O)Nc2scc(C(C)(C)C)c2C#N)c1. The van der Waals surface area contributed by atoms with E-state index in [2.05, 4.69) is 11.4 Å². The molecular weight excluding hydrogens is 320 g/mol. The van der Waals surface area contributed by atoms with Crippen LogP contribution in [0, 0.1) is 25.2 Å². The number of benzene rings is 1. The number of carbonyl (C=O) groups excluding carboxylic acids is 1. The number of carbonyl (C=O) groups is 1. The molecule has 0 aliphatic rings. The second kappa shape index (κ2) is 7.06. The van der Waals surface area contributed by atoms with Crippen LogP contribution >= 0.6 is 11.3 Å². The lowest BCUT2D eigenvalue weighted by molar-refractivity contribution is -0.118. The Labute approximate surface area is 147 Å². The Hall–Kier alpha value is -2.32. The van der Waals surface area contributed by atoms with Crippen molar-refractivity contribution < 1.29 is 9.53 Å². The highest BCUT2D eigenvalue weighted by Gasteiger charge is 2.23. The molecule has 4 nitrogen and oxygen atoms in total. The summed E-state index contributed by atoms with van der Waals surface area (Å²) in [6.45, 7) is 9.97. The van der Waals surface area contributed by atoms with Gasteiger partial charge in [0.1, 0.15) is 16.8 Å². The van der Waals surface area contributed by atoms with Crippen LogP contribution < -0.4 is 10.1 Å². The van der Waals surface area contributed by atoms with Crippen molar-refractivity contribution in [3.05, 3.63) is 45.8 Å². The van der Waals surface area contributed by atoms with E-state index in [-0.39, 0.29) is 17.9 Å². The molecule has 0 saturated carbocycles. The van der Waals surface area contributed by atoms with Gasteiger partial charge in [0.25, 0.3) is 5.91 Å². The van der Waals surface area contributed by atoms with Gasteiger partial charge in [0, 0.05) is 0 Å². The normalized spacial score (nSPS) is 11.0. The van der Waals surface area contributed by atoms with Crippen molar-refractivity contribution in [2.75, 3.05) is 11.9 Å². The lowest BCUT2D eigenvalue weighted by Gasteiger charge is -2.17. The molecule has 1 N–H and O–H groups in total. The smallest absolute Gasteiger partial charge is 0.262 e. The summed E-state index contributed by atoms with van der Waals surface area (Å²) in [6.07, 6.45) is 0. The highest BCUT2D eigenvalue weighted by Crippen LogP contribution is 2.35. The zero-order valence-corrected chi connectivity index (χ0v) is 15.5. The van der Waals surface area contributed by atoms with Crippen LogP contribution in [0.3, 0.4) is 0 Å². The summed E-state index contributed by atoms with van der Waals surface area (Å²) in [7, 11) is 0. The molecule has 0 bridgehead atoms. The predicted octanol–water partition coefficient (Wildman–Crippen LogP) is 4.55. The molecule has 0 spiro atoms. The predicted molar refractivity (Wildman–Crippen MR) is 97.8 cm³/mol. The molecule has 2 rings (SSSR count). The molecule has 1 heterocycles. The summed E-state index contributed by atoms with van der Waals surface area (Å²) in [6, 6.07) is 8.07. The summed E-state index contributed by atoms with van der Waals surface area (Å²) in [5.74, 6) is 0.432. The van der Waals surface area contributed by atoms with E-state index in [1.807, 2.05) is 58.2 Å². The highest BCUT2D eigenvalue weighted by molar-refractivity contribution is 7.14. The molecular formula is C19H22N2O2S. The van der Waals surface area contributed by atoms with Gasteiger partial charge in [0.2, 0.25) is 0 Å². The maximum Gasteiger partial charge on any atom is 0.262 e. The molecule has 0 unspecified atom stereocenters. The van der Waals surface area contributed by atoms with Crippen LogP contribution in [0.15, 0.2) is 23.6 Å². The number of anilines is 1. The number of amides is 1. The zero-order chi connectivity index (χ0) is 17.9. The minimum absolute atomic E-state index is 0.0854. The Morgan fingerprint density at radius 2 is 2.04 bits per heavy atom. The van der Waals surface area contributed by atoms with Crippen molar-refractivity contribution in [1.29, 1.82) is 5.26 Å². The number of rotatable bonds is 4. The molecule has 0 aliphatic carbocycles. The minimum atomic E-state index is -0.269. The number of aryl methyl sites for hydroxylation is 2. The molecule has 0 fully saturated rings. The topological polar surface area (TPSA) is 62.1 Å². The van der Waals surface area contributed by atoms with Gasteiger partial charge in [-0.15, -0.1) is 11.3 Å². The average molecular weight is 342 g/mol. The number of thiophene rings is 1. The van der Waals surface area contributed by atoms with Gasteiger partial charge in [-0.3, -0.25) is 4.79 Å². The Morgan fingerprint density at radius 3 is 2.67 bits per heavy atom. The zero-order valence-electron chi connectivity index (χ0n) is 14.7. The number of ether oxygens (including phenoxy) is 1. The monoisotopic (exact) mass is 342 g/mol. The van der Waals surface area contributed by atoms with Crippen LogP contribution in [0.5, 0.6) is 5.75 Å². The van der Waals surface area contributed by atoms with Crippen molar-refractivity contribution in [3.63, 3.8) is 0 Å². The Balaban J connectivity index is 2.07. The number of hydrogen-bond donors (Lipinski definition) is 1. The minimum Gasteiger partial charge on any atom is -0.483 e. The van der Waals surface area contributed by atoms with E-state index in [9.17, 15) is 10.1 Å². The summed E-state index contributed by atoms with van der Waals surface area (Å²) >= 11 is 1.37. The number of hydrogen-bond acceptors (Lipinski definition) is 4. The summed E-state index contributed by atoms with van der Waals surface area (Å²) in [5.41, 5.74) is 3.40. The molecule has 0 atom stereocenters. The van der Waals surface area contributed by atoms with Crippen LogP contribution in [0.2, 0.25) is 0 Å². The van der Waals surface area contributed by atoms with E-state index in [0.717, 1.165) is 16.7 Å². The fourth-order valence-corrected chi connectivity index (χ4v) is 3.43. The Kier molecular flexibility index (Phi) is 5.30. The molecule has 1 aromatic heterocycles. The largest absolute Gasteiger partial charge is 0.483 e. The molecule has 0 radical (unpaired) electrons. The lowest BCUT2D eigenvalue weighted by Crippen LogP contribution is -2.20. The second-order valence-electron chi connectivity index (χ2n) is 6.82. The average Bonchev–Trinajstić information content (AvgIpc) is 2.91. The summed E-state index contributed by atoms with van der Waals surface area (Å²) < 4.78 is 5.61. The van der Waals surface area contributed by atoms with E-state index in [0.29, 0.717) is 16.3 Å². The highest BCUT2D eigenvalue weighted by atomic mass is 32.1. The molecule has 24 heavy (non-hydrogen) atoms. The van der Waals surface area contributed by atoms with Gasteiger partial charge >= 0.3 is 0 Å². The maximum atomic E-state index is 12.2. The first-order valence-corrected chi connectivity index (χ1v) is 8.62. The molecule has 1 amide bonds. The second-order valence-corrected chi connectivity index (χ2v) is 7.70. The van der Waals surface area contributed by atoms with E-state index in [4.69, 9.17) is 4.74 Å². The number of nitriles is 1. The first-order valence-electron chi connectivity index (χ1n) is 7.74. The molecule has 126 valence electrons. The van der Waals surface area contributed by atoms with Crippen LogP contribution in [-0.4, -0.2) is 12.5 Å². The summed E-state index contributed by atoms with van der Waals surface area (Å²) in [5, 5.41) is 14.7. The lowest BCUT2D eigenvalue weighted by atomic mass is 9.86. The maximum absolute atomic E-state index is 12.2. The quantitative estimate of drug-likeness (QED) is 0.886. The molecule has 5 heteroatoms. The molecule has 0 saturated heterocycles. The molecule has 0 aliphatic heterocycles. The number of nitrogens with zero attached hydrogens (tertiary/aromatic N) is 1. The van der Waals surface area contributed by atoms with Crippen LogP contribution in [0.25, 0.3) is 0 Å². The van der Waals surface area contributed by atoms with Crippen molar-refractivity contribution in [1.82, 2.24) is 0 Å². The molecule has 1 aromatic carbocycles. The van der Waals surface area contributed by atoms with E-state index in [1.165, 1.54) is 11.3 Å². The first-order chi connectivity index (χ1) is 11.2. The van der Waals surface area contributed by atoms with Crippen LogP contribution in [0.4, 0.5) is 5.00 Å². The third-order valence-electron chi connectivity index (χ3n) is 3.67. The van der Waals surface area contributed by atoms with E-state index < -0.39 is 0 Å². The van der Waals surface area contributed by atoms with Gasteiger partial charge in [0.05, 0.1) is 5.56 Å². The molecule has 2 aromatic rings. The Morgan fingerprint density at radius 1 is 1.33 bits per heavy atom.